The highest BCUT2D eigenvalue weighted by molar-refractivity contribution is 7.09. The van der Waals surface area contributed by atoms with E-state index in [0.29, 0.717) is 17.5 Å². The lowest BCUT2D eigenvalue weighted by atomic mass is 10.2. The summed E-state index contributed by atoms with van der Waals surface area (Å²) in [4.78, 5) is 8.81. The summed E-state index contributed by atoms with van der Waals surface area (Å²) in [6.45, 7) is 2.71. The Hall–Kier alpha value is -3.26. The molecule has 136 valence electrons. The summed E-state index contributed by atoms with van der Waals surface area (Å²) in [5, 5.41) is 8.37. The van der Waals surface area contributed by atoms with E-state index in [1.54, 1.807) is 13.3 Å². The highest BCUT2D eigenvalue weighted by Gasteiger charge is 2.14. The van der Waals surface area contributed by atoms with E-state index in [0.717, 1.165) is 28.4 Å². The van der Waals surface area contributed by atoms with Crippen molar-refractivity contribution in [1.82, 2.24) is 24.1 Å². The third kappa shape index (κ3) is 3.80. The van der Waals surface area contributed by atoms with Gasteiger partial charge in [0.2, 0.25) is 5.13 Å². The molecule has 1 aromatic carbocycles. The van der Waals surface area contributed by atoms with Crippen molar-refractivity contribution in [3.05, 3.63) is 66.1 Å². The van der Waals surface area contributed by atoms with Gasteiger partial charge in [-0.15, -0.1) is 0 Å². The molecule has 0 radical (unpaired) electrons. The van der Waals surface area contributed by atoms with Crippen LogP contribution >= 0.6 is 11.5 Å². The van der Waals surface area contributed by atoms with Gasteiger partial charge in [-0.25, -0.2) is 4.98 Å². The van der Waals surface area contributed by atoms with Gasteiger partial charge in [-0.05, 0) is 36.8 Å². The van der Waals surface area contributed by atoms with Crippen molar-refractivity contribution in [2.75, 3.05) is 12.4 Å². The highest BCUT2D eigenvalue weighted by Crippen LogP contribution is 2.26. The number of ether oxygens (including phenoxy) is 1. The summed E-state index contributed by atoms with van der Waals surface area (Å²) in [6, 6.07) is 13.7. The number of rotatable bonds is 6. The maximum Gasteiger partial charge on any atom is 0.208 e. The molecule has 0 saturated carbocycles. The predicted octanol–water partition coefficient (Wildman–Crippen LogP) is 3.91. The van der Waals surface area contributed by atoms with E-state index in [-0.39, 0.29) is 0 Å². The molecule has 0 atom stereocenters. The number of hydrogen-bond acceptors (Lipinski definition) is 7. The van der Waals surface area contributed by atoms with Crippen molar-refractivity contribution >= 4 is 22.5 Å². The quantitative estimate of drug-likeness (QED) is 0.548. The number of aromatic nitrogens is 5. The maximum absolute atomic E-state index is 5.20. The zero-order chi connectivity index (χ0) is 18.6. The molecule has 0 unspecified atom stereocenters. The summed E-state index contributed by atoms with van der Waals surface area (Å²) in [5.41, 5.74) is 3.10. The highest BCUT2D eigenvalue weighted by atomic mass is 32.1. The van der Waals surface area contributed by atoms with Gasteiger partial charge in [-0.2, -0.15) is 14.5 Å². The molecule has 8 heteroatoms. The number of pyridine rings is 1. The van der Waals surface area contributed by atoms with Crippen molar-refractivity contribution in [2.24, 2.45) is 0 Å². The van der Waals surface area contributed by atoms with Crippen LogP contribution in [0.3, 0.4) is 0 Å². The SMILES string of the molecule is COc1ccc(Cn2ncc(-c3nsc(Nc4ccccn4)n3)c2C)cc1. The first-order valence-corrected chi connectivity index (χ1v) is 9.18. The first kappa shape index (κ1) is 17.2. The van der Waals surface area contributed by atoms with Gasteiger partial charge in [-0.3, -0.25) is 4.68 Å². The predicted molar refractivity (Wildman–Crippen MR) is 105 cm³/mol. The largest absolute Gasteiger partial charge is 0.497 e. The average Bonchev–Trinajstić information content (AvgIpc) is 3.30. The van der Waals surface area contributed by atoms with Crippen LogP contribution in [0.15, 0.2) is 54.9 Å². The van der Waals surface area contributed by atoms with Gasteiger partial charge in [0.15, 0.2) is 5.82 Å². The first-order chi connectivity index (χ1) is 13.2. The molecule has 4 rings (SSSR count). The Morgan fingerprint density at radius 1 is 1.15 bits per heavy atom. The van der Waals surface area contributed by atoms with Crippen LogP contribution in [0, 0.1) is 6.92 Å². The molecule has 4 aromatic rings. The van der Waals surface area contributed by atoms with Crippen LogP contribution in [0.4, 0.5) is 10.9 Å². The number of nitrogens with zero attached hydrogens (tertiary/aromatic N) is 5. The van der Waals surface area contributed by atoms with Crippen molar-refractivity contribution in [3.63, 3.8) is 0 Å². The van der Waals surface area contributed by atoms with Gasteiger partial charge < -0.3 is 10.1 Å². The summed E-state index contributed by atoms with van der Waals surface area (Å²) in [7, 11) is 1.66. The molecule has 0 fully saturated rings. The second kappa shape index (κ2) is 7.55. The minimum Gasteiger partial charge on any atom is -0.497 e. The topological polar surface area (TPSA) is 77.8 Å². The van der Waals surface area contributed by atoms with Crippen LogP contribution in [-0.4, -0.2) is 31.2 Å². The molecule has 7 nitrogen and oxygen atoms in total. The van der Waals surface area contributed by atoms with Crippen LogP contribution in [0.25, 0.3) is 11.4 Å². The summed E-state index contributed by atoms with van der Waals surface area (Å²) < 4.78 is 11.6. The zero-order valence-corrected chi connectivity index (χ0v) is 15.8. The Kier molecular flexibility index (Phi) is 4.80. The van der Waals surface area contributed by atoms with E-state index >= 15 is 0 Å². The standard InChI is InChI=1S/C19H18N6OS/c1-13-16(11-21-25(13)12-14-6-8-15(26-2)9-7-14)18-23-19(27-24-18)22-17-5-3-4-10-20-17/h3-11H,12H2,1-2H3,(H,20,22,23,24). The van der Waals surface area contributed by atoms with E-state index in [1.165, 1.54) is 11.5 Å². The molecule has 27 heavy (non-hydrogen) atoms. The third-order valence-electron chi connectivity index (χ3n) is 4.16. The number of methoxy groups -OCH3 is 1. The fourth-order valence-corrected chi connectivity index (χ4v) is 3.25. The molecule has 3 heterocycles. The average molecular weight is 378 g/mol. The van der Waals surface area contributed by atoms with Gasteiger partial charge in [0, 0.05) is 23.4 Å². The molecule has 0 aliphatic rings. The fourth-order valence-electron chi connectivity index (χ4n) is 2.66. The molecule has 0 aliphatic carbocycles. The second-order valence-corrected chi connectivity index (χ2v) is 6.66. The monoisotopic (exact) mass is 378 g/mol. The van der Waals surface area contributed by atoms with Crippen molar-refractivity contribution in [3.8, 4) is 17.1 Å². The van der Waals surface area contributed by atoms with Gasteiger partial charge in [0.05, 0.1) is 25.4 Å². The lowest BCUT2D eigenvalue weighted by Crippen LogP contribution is -2.03. The molecule has 0 aliphatic heterocycles. The molecule has 0 amide bonds. The Bertz CT molecular complexity index is 1030. The Morgan fingerprint density at radius 3 is 2.74 bits per heavy atom. The minimum absolute atomic E-state index is 0.664. The normalized spacial score (nSPS) is 10.7. The van der Waals surface area contributed by atoms with E-state index in [2.05, 4.69) is 24.8 Å². The maximum atomic E-state index is 5.20. The lowest BCUT2D eigenvalue weighted by molar-refractivity contribution is 0.414. The number of benzene rings is 1. The van der Waals surface area contributed by atoms with Crippen LogP contribution in [-0.2, 0) is 6.54 Å². The Balaban J connectivity index is 1.51. The summed E-state index contributed by atoms with van der Waals surface area (Å²) in [5.74, 6) is 2.25. The van der Waals surface area contributed by atoms with Crippen LogP contribution in [0.2, 0.25) is 0 Å². The van der Waals surface area contributed by atoms with Crippen molar-refractivity contribution < 1.29 is 4.74 Å². The molecule has 0 spiro atoms. The third-order valence-corrected chi connectivity index (χ3v) is 4.79. The van der Waals surface area contributed by atoms with Gasteiger partial charge in [-0.1, -0.05) is 18.2 Å². The minimum atomic E-state index is 0.664. The van der Waals surface area contributed by atoms with Crippen LogP contribution in [0.1, 0.15) is 11.3 Å². The fraction of sp³-hybridized carbons (Fsp3) is 0.158. The Labute approximate surface area is 160 Å². The van der Waals surface area contributed by atoms with Crippen LogP contribution in [0.5, 0.6) is 5.75 Å². The molecule has 0 bridgehead atoms. The van der Waals surface area contributed by atoms with Gasteiger partial charge in [0.1, 0.15) is 11.6 Å². The zero-order valence-electron chi connectivity index (χ0n) is 15.0. The summed E-state index contributed by atoms with van der Waals surface area (Å²) >= 11 is 1.30. The molecular formula is C19H18N6OS. The van der Waals surface area contributed by atoms with Crippen molar-refractivity contribution in [2.45, 2.75) is 13.5 Å². The number of anilines is 2. The lowest BCUT2D eigenvalue weighted by Gasteiger charge is -2.06. The summed E-state index contributed by atoms with van der Waals surface area (Å²) in [6.07, 6.45) is 3.54. The number of hydrogen-bond donors (Lipinski definition) is 1. The van der Waals surface area contributed by atoms with Crippen LogP contribution < -0.4 is 10.1 Å². The molecule has 1 N–H and O–H groups in total. The Morgan fingerprint density at radius 2 is 2.00 bits per heavy atom. The smallest absolute Gasteiger partial charge is 0.208 e. The second-order valence-electron chi connectivity index (χ2n) is 5.91. The van der Waals surface area contributed by atoms with E-state index in [9.17, 15) is 0 Å². The van der Waals surface area contributed by atoms with E-state index in [1.807, 2.05) is 60.3 Å². The molecular weight excluding hydrogens is 360 g/mol. The van der Waals surface area contributed by atoms with Gasteiger partial charge >= 0.3 is 0 Å². The van der Waals surface area contributed by atoms with Crippen molar-refractivity contribution in [1.29, 1.82) is 0 Å². The first-order valence-electron chi connectivity index (χ1n) is 8.40. The van der Waals surface area contributed by atoms with E-state index < -0.39 is 0 Å². The van der Waals surface area contributed by atoms with E-state index in [4.69, 9.17) is 4.74 Å². The molecule has 0 saturated heterocycles. The number of nitrogens with one attached hydrogen (secondary N) is 1. The van der Waals surface area contributed by atoms with Gasteiger partial charge in [0.25, 0.3) is 0 Å². The molecule has 3 aromatic heterocycles.